The second-order valence-corrected chi connectivity index (χ2v) is 7.18. The number of aromatic nitrogens is 2. The maximum atomic E-state index is 12.5. The number of carbonyl (C=O) groups excluding carboxylic acids is 2. The normalized spacial score (nSPS) is 10.4. The molecular weight excluding hydrogens is 434 g/mol. The lowest BCUT2D eigenvalue weighted by molar-refractivity contribution is -0.149. The Balaban J connectivity index is 1.40. The lowest BCUT2D eigenvalue weighted by atomic mass is 10.2. The number of benzene rings is 3. The molecular formula is C26H23N3O5. The molecule has 0 radical (unpaired) electrons. The van der Waals surface area contributed by atoms with E-state index >= 15 is 0 Å². The number of anilines is 1. The molecule has 0 aliphatic rings. The van der Waals surface area contributed by atoms with Crippen LogP contribution < -0.4 is 14.8 Å². The van der Waals surface area contributed by atoms with E-state index < -0.39 is 18.5 Å². The van der Waals surface area contributed by atoms with Gasteiger partial charge in [0.2, 0.25) is 0 Å². The molecule has 1 heterocycles. The Morgan fingerprint density at radius 1 is 0.853 bits per heavy atom. The third-order valence-electron chi connectivity index (χ3n) is 4.83. The monoisotopic (exact) mass is 457 g/mol. The predicted molar refractivity (Wildman–Crippen MR) is 127 cm³/mol. The summed E-state index contributed by atoms with van der Waals surface area (Å²) in [7, 11) is 1.51. The summed E-state index contributed by atoms with van der Waals surface area (Å²) < 4.78 is 17.3. The second-order valence-electron chi connectivity index (χ2n) is 7.18. The van der Waals surface area contributed by atoms with Gasteiger partial charge in [-0.25, -0.2) is 9.48 Å². The van der Waals surface area contributed by atoms with E-state index in [9.17, 15) is 9.59 Å². The van der Waals surface area contributed by atoms with Crippen molar-refractivity contribution >= 4 is 17.7 Å². The SMILES string of the molecule is COc1ccccc1OCC(=O)OCC(=O)Nc1cc(-c2ccccc2)nn1-c1ccccc1. The highest BCUT2D eigenvalue weighted by atomic mass is 16.6. The third-order valence-corrected chi connectivity index (χ3v) is 4.83. The number of para-hydroxylation sites is 3. The molecule has 4 aromatic rings. The topological polar surface area (TPSA) is 91.7 Å². The molecule has 1 aromatic heterocycles. The van der Waals surface area contributed by atoms with Crippen LogP contribution in [-0.4, -0.2) is 42.0 Å². The van der Waals surface area contributed by atoms with Crippen molar-refractivity contribution in [2.45, 2.75) is 0 Å². The molecule has 0 unspecified atom stereocenters. The number of amides is 1. The molecule has 3 aromatic carbocycles. The molecule has 1 N–H and O–H groups in total. The smallest absolute Gasteiger partial charge is 0.344 e. The van der Waals surface area contributed by atoms with Gasteiger partial charge in [-0.1, -0.05) is 60.7 Å². The summed E-state index contributed by atoms with van der Waals surface area (Å²) in [5, 5.41) is 7.41. The molecule has 8 nitrogen and oxygen atoms in total. The molecule has 0 spiro atoms. The van der Waals surface area contributed by atoms with E-state index in [4.69, 9.17) is 14.2 Å². The number of nitrogens with zero attached hydrogens (tertiary/aromatic N) is 2. The standard InChI is InChI=1S/C26H23N3O5/c1-32-22-14-8-9-15-23(22)33-18-26(31)34-17-25(30)27-24-16-21(19-10-4-2-5-11-19)28-29(24)20-12-6-3-7-13-20/h2-16H,17-18H2,1H3,(H,27,30). The van der Waals surface area contributed by atoms with Gasteiger partial charge in [-0.3, -0.25) is 4.79 Å². The average molecular weight is 457 g/mol. The molecule has 0 saturated carbocycles. The van der Waals surface area contributed by atoms with Gasteiger partial charge in [0, 0.05) is 11.6 Å². The van der Waals surface area contributed by atoms with Crippen LogP contribution in [0.25, 0.3) is 16.9 Å². The van der Waals surface area contributed by atoms with Gasteiger partial charge in [0.25, 0.3) is 5.91 Å². The highest BCUT2D eigenvalue weighted by Crippen LogP contribution is 2.26. The van der Waals surface area contributed by atoms with Gasteiger partial charge < -0.3 is 19.5 Å². The van der Waals surface area contributed by atoms with Gasteiger partial charge in [-0.05, 0) is 24.3 Å². The van der Waals surface area contributed by atoms with E-state index in [0.717, 1.165) is 11.3 Å². The number of nitrogens with one attached hydrogen (secondary N) is 1. The number of rotatable bonds is 9. The molecule has 1 amide bonds. The quantitative estimate of drug-likeness (QED) is 0.381. The van der Waals surface area contributed by atoms with Gasteiger partial charge in [-0.2, -0.15) is 5.10 Å². The highest BCUT2D eigenvalue weighted by molar-refractivity contribution is 5.93. The summed E-state index contributed by atoms with van der Waals surface area (Å²) in [5.41, 5.74) is 2.39. The van der Waals surface area contributed by atoms with E-state index in [-0.39, 0.29) is 6.61 Å². The first kappa shape index (κ1) is 22.6. The zero-order chi connectivity index (χ0) is 23.8. The predicted octanol–water partition coefficient (Wildman–Crippen LogP) is 4.11. The van der Waals surface area contributed by atoms with Crippen molar-refractivity contribution in [3.8, 4) is 28.4 Å². The zero-order valence-corrected chi connectivity index (χ0v) is 18.5. The summed E-state index contributed by atoms with van der Waals surface area (Å²) in [5.74, 6) is 0.185. The molecule has 0 bridgehead atoms. The van der Waals surface area contributed by atoms with Gasteiger partial charge in [-0.15, -0.1) is 0 Å². The number of methoxy groups -OCH3 is 1. The number of hydrogen-bond donors (Lipinski definition) is 1. The fraction of sp³-hybridized carbons (Fsp3) is 0.115. The number of carbonyl (C=O) groups is 2. The maximum absolute atomic E-state index is 12.5. The van der Waals surface area contributed by atoms with Crippen LogP contribution in [0.15, 0.2) is 91.0 Å². The number of ether oxygens (including phenoxy) is 3. The number of hydrogen-bond acceptors (Lipinski definition) is 6. The minimum absolute atomic E-state index is 0.353. The zero-order valence-electron chi connectivity index (χ0n) is 18.5. The Morgan fingerprint density at radius 3 is 2.21 bits per heavy atom. The first-order valence-corrected chi connectivity index (χ1v) is 10.6. The lowest BCUT2D eigenvalue weighted by Gasteiger charge is -2.11. The fourth-order valence-electron chi connectivity index (χ4n) is 3.23. The van der Waals surface area contributed by atoms with Crippen LogP contribution in [-0.2, 0) is 14.3 Å². The number of esters is 1. The first-order chi connectivity index (χ1) is 16.6. The van der Waals surface area contributed by atoms with Gasteiger partial charge in [0.1, 0.15) is 5.82 Å². The Hall–Kier alpha value is -4.59. The molecule has 0 fully saturated rings. The Kier molecular flexibility index (Phi) is 7.19. The van der Waals surface area contributed by atoms with E-state index in [1.165, 1.54) is 7.11 Å². The summed E-state index contributed by atoms with van der Waals surface area (Å²) in [6.45, 7) is -0.817. The van der Waals surface area contributed by atoms with Crippen molar-refractivity contribution in [2.24, 2.45) is 0 Å². The molecule has 172 valence electrons. The van der Waals surface area contributed by atoms with E-state index in [1.807, 2.05) is 60.7 Å². The van der Waals surface area contributed by atoms with E-state index in [2.05, 4.69) is 10.4 Å². The average Bonchev–Trinajstić information content (AvgIpc) is 3.31. The first-order valence-electron chi connectivity index (χ1n) is 10.6. The molecule has 0 aliphatic carbocycles. The minimum Gasteiger partial charge on any atom is -0.493 e. The van der Waals surface area contributed by atoms with E-state index in [1.54, 1.807) is 35.0 Å². The highest BCUT2D eigenvalue weighted by Gasteiger charge is 2.15. The molecule has 0 saturated heterocycles. The Labute approximate surface area is 196 Å². The molecule has 0 aliphatic heterocycles. The molecule has 4 rings (SSSR count). The largest absolute Gasteiger partial charge is 0.493 e. The van der Waals surface area contributed by atoms with Crippen LogP contribution in [0.2, 0.25) is 0 Å². The molecule has 8 heteroatoms. The second kappa shape index (κ2) is 10.8. The Morgan fingerprint density at radius 2 is 1.50 bits per heavy atom. The van der Waals surface area contributed by atoms with Gasteiger partial charge >= 0.3 is 5.97 Å². The third kappa shape index (κ3) is 5.60. The minimum atomic E-state index is -0.678. The maximum Gasteiger partial charge on any atom is 0.344 e. The summed E-state index contributed by atoms with van der Waals surface area (Å²) in [6, 6.07) is 27.8. The lowest BCUT2D eigenvalue weighted by Crippen LogP contribution is -2.24. The van der Waals surface area contributed by atoms with Crippen LogP contribution in [0.4, 0.5) is 5.82 Å². The summed E-state index contributed by atoms with van der Waals surface area (Å²) in [4.78, 5) is 24.6. The Bertz CT molecular complexity index is 1260. The van der Waals surface area contributed by atoms with E-state index in [0.29, 0.717) is 23.0 Å². The van der Waals surface area contributed by atoms with Crippen molar-refractivity contribution in [1.82, 2.24) is 9.78 Å². The van der Waals surface area contributed by atoms with Crippen LogP contribution >= 0.6 is 0 Å². The van der Waals surface area contributed by atoms with Crippen molar-refractivity contribution in [3.63, 3.8) is 0 Å². The van der Waals surface area contributed by atoms with Crippen molar-refractivity contribution in [3.05, 3.63) is 91.0 Å². The van der Waals surface area contributed by atoms with Crippen molar-refractivity contribution in [1.29, 1.82) is 0 Å². The van der Waals surface area contributed by atoms with Gasteiger partial charge in [0.15, 0.2) is 24.7 Å². The molecule has 0 atom stereocenters. The van der Waals surface area contributed by atoms with Crippen LogP contribution in [0.1, 0.15) is 0 Å². The fourth-order valence-corrected chi connectivity index (χ4v) is 3.23. The van der Waals surface area contributed by atoms with Gasteiger partial charge in [0.05, 0.1) is 18.5 Å². The van der Waals surface area contributed by atoms with Crippen LogP contribution in [0.3, 0.4) is 0 Å². The summed E-state index contributed by atoms with van der Waals surface area (Å²) >= 11 is 0. The van der Waals surface area contributed by atoms with Crippen molar-refractivity contribution in [2.75, 3.05) is 25.6 Å². The van der Waals surface area contributed by atoms with Crippen LogP contribution in [0, 0.1) is 0 Å². The summed E-state index contributed by atoms with van der Waals surface area (Å²) in [6.07, 6.45) is 0. The van der Waals surface area contributed by atoms with Crippen LogP contribution in [0.5, 0.6) is 11.5 Å². The van der Waals surface area contributed by atoms with Crippen molar-refractivity contribution < 1.29 is 23.8 Å². The molecule has 34 heavy (non-hydrogen) atoms.